The first-order valence-corrected chi connectivity index (χ1v) is 12.6. The van der Waals surface area contributed by atoms with Gasteiger partial charge in [0, 0.05) is 75.8 Å². The molecular formula is C19H32N6S2. The van der Waals surface area contributed by atoms with E-state index in [2.05, 4.69) is 72.4 Å². The smallest absolute Gasteiger partial charge is 0.130 e. The molecule has 4 saturated heterocycles. The van der Waals surface area contributed by atoms with Crippen molar-refractivity contribution in [2.75, 3.05) is 63.9 Å². The molecule has 4 aliphatic rings. The van der Waals surface area contributed by atoms with E-state index in [9.17, 15) is 0 Å². The van der Waals surface area contributed by atoms with Gasteiger partial charge in [-0.1, -0.05) is 0 Å². The highest BCUT2D eigenvalue weighted by atomic mass is 32.2. The Hall–Kier alpha value is -0.220. The number of rotatable bonds is 4. The molecule has 8 heteroatoms. The molecular weight excluding hydrogens is 376 g/mol. The second-order valence-corrected chi connectivity index (χ2v) is 10.3. The lowest BCUT2D eigenvalue weighted by Crippen LogP contribution is -2.77. The number of thioether (sulfide) groups is 2. The molecule has 1 aromatic heterocycles. The predicted molar refractivity (Wildman–Crippen MR) is 115 cm³/mol. The van der Waals surface area contributed by atoms with Crippen LogP contribution in [0.2, 0.25) is 0 Å². The normalized spacial score (nSPS) is 37.2. The van der Waals surface area contributed by atoms with Crippen molar-refractivity contribution in [2.45, 2.75) is 29.1 Å². The van der Waals surface area contributed by atoms with Crippen LogP contribution in [0, 0.1) is 0 Å². The molecule has 0 spiro atoms. The molecule has 0 radical (unpaired) electrons. The Balaban J connectivity index is 1.62. The molecule has 1 aromatic rings. The molecule has 27 heavy (non-hydrogen) atoms. The van der Waals surface area contributed by atoms with Crippen LogP contribution in [0.3, 0.4) is 0 Å². The minimum absolute atomic E-state index is 0.0125. The Morgan fingerprint density at radius 1 is 0.963 bits per heavy atom. The van der Waals surface area contributed by atoms with E-state index in [4.69, 9.17) is 0 Å². The molecule has 0 saturated carbocycles. The maximum absolute atomic E-state index is 3.92. The van der Waals surface area contributed by atoms with Crippen molar-refractivity contribution in [3.63, 3.8) is 0 Å². The zero-order valence-corrected chi connectivity index (χ0v) is 17.7. The summed E-state index contributed by atoms with van der Waals surface area (Å²) in [6.45, 7) is 9.15. The molecule has 150 valence electrons. The Morgan fingerprint density at radius 3 is 2.52 bits per heavy atom. The van der Waals surface area contributed by atoms with Gasteiger partial charge in [-0.05, 0) is 25.0 Å². The van der Waals surface area contributed by atoms with Gasteiger partial charge >= 0.3 is 0 Å². The van der Waals surface area contributed by atoms with E-state index in [0.717, 1.165) is 39.3 Å². The first kappa shape index (κ1) is 18.8. The minimum atomic E-state index is -0.0125. The van der Waals surface area contributed by atoms with Crippen LogP contribution < -0.4 is 10.6 Å². The van der Waals surface area contributed by atoms with Crippen molar-refractivity contribution in [1.29, 1.82) is 0 Å². The largest absolute Gasteiger partial charge is 0.364 e. The first-order chi connectivity index (χ1) is 13.4. The number of H-pyrrole nitrogens is 1. The van der Waals surface area contributed by atoms with Gasteiger partial charge in [-0.2, -0.15) is 0 Å². The number of hydrazine groups is 1. The summed E-state index contributed by atoms with van der Waals surface area (Å²) in [7, 11) is 0. The van der Waals surface area contributed by atoms with E-state index in [1.165, 1.54) is 43.1 Å². The van der Waals surface area contributed by atoms with Crippen LogP contribution in [0.1, 0.15) is 23.8 Å². The number of hydrogen-bond acceptors (Lipinski definition) is 7. The molecule has 3 N–H and O–H groups in total. The standard InChI is InChI=1S/C19H32N6S2/c1-2-10-24(9-1)25-13-15-26-17(16-4-3-5-21-16)19(25,18-22-8-14-27-18)23-11-6-20-7-12-23/h3-5,17-18,20-22H,1-2,6-15H2. The van der Waals surface area contributed by atoms with Crippen molar-refractivity contribution in [2.24, 2.45) is 0 Å². The third-order valence-electron chi connectivity index (χ3n) is 6.44. The average molecular weight is 409 g/mol. The fraction of sp³-hybridized carbons (Fsp3) is 0.789. The van der Waals surface area contributed by atoms with Crippen LogP contribution in [-0.2, 0) is 0 Å². The molecule has 3 atom stereocenters. The summed E-state index contributed by atoms with van der Waals surface area (Å²) >= 11 is 4.29. The zero-order valence-electron chi connectivity index (χ0n) is 16.0. The third kappa shape index (κ3) is 3.27. The number of piperazine rings is 1. The molecule has 5 rings (SSSR count). The quantitative estimate of drug-likeness (QED) is 0.696. The molecule has 0 aromatic carbocycles. The molecule has 4 fully saturated rings. The summed E-state index contributed by atoms with van der Waals surface area (Å²) in [6.07, 6.45) is 4.77. The lowest BCUT2D eigenvalue weighted by Gasteiger charge is -2.61. The molecule has 4 aliphatic heterocycles. The van der Waals surface area contributed by atoms with E-state index in [1.54, 1.807) is 0 Å². The van der Waals surface area contributed by atoms with Gasteiger partial charge in [0.1, 0.15) is 5.66 Å². The second-order valence-electron chi connectivity index (χ2n) is 7.89. The highest BCUT2D eigenvalue weighted by Crippen LogP contribution is 2.52. The minimum Gasteiger partial charge on any atom is -0.364 e. The Labute approximate surface area is 171 Å². The maximum Gasteiger partial charge on any atom is 0.130 e. The number of aromatic amines is 1. The monoisotopic (exact) mass is 408 g/mol. The van der Waals surface area contributed by atoms with Crippen molar-refractivity contribution in [3.8, 4) is 0 Å². The number of nitrogens with one attached hydrogen (secondary N) is 3. The molecule has 5 heterocycles. The zero-order chi connectivity index (χ0) is 18.1. The van der Waals surface area contributed by atoms with Gasteiger partial charge in [0.25, 0.3) is 0 Å². The van der Waals surface area contributed by atoms with Gasteiger partial charge in [0.15, 0.2) is 0 Å². The van der Waals surface area contributed by atoms with Gasteiger partial charge in [0.2, 0.25) is 0 Å². The van der Waals surface area contributed by atoms with Gasteiger partial charge in [0.05, 0.1) is 10.6 Å². The van der Waals surface area contributed by atoms with Gasteiger partial charge in [-0.15, -0.1) is 23.5 Å². The van der Waals surface area contributed by atoms with Gasteiger partial charge in [-0.3, -0.25) is 4.90 Å². The average Bonchev–Trinajstić information content (AvgIpc) is 3.51. The topological polar surface area (TPSA) is 49.6 Å². The van der Waals surface area contributed by atoms with Crippen LogP contribution in [0.25, 0.3) is 0 Å². The van der Waals surface area contributed by atoms with E-state index in [1.807, 2.05) is 0 Å². The summed E-state index contributed by atoms with van der Waals surface area (Å²) in [5, 5.41) is 13.9. The summed E-state index contributed by atoms with van der Waals surface area (Å²) in [4.78, 5) is 6.40. The van der Waals surface area contributed by atoms with Gasteiger partial charge in [-0.25, -0.2) is 10.0 Å². The molecule has 6 nitrogen and oxygen atoms in total. The SMILES string of the molecule is c1c[nH]c(C2SCCN(N3CCCC3)C2(C2NCCS2)N2CCNCC2)c1. The summed E-state index contributed by atoms with van der Waals surface area (Å²) in [5.41, 5.74) is 1.37. The van der Waals surface area contributed by atoms with E-state index >= 15 is 0 Å². The maximum atomic E-state index is 3.92. The summed E-state index contributed by atoms with van der Waals surface area (Å²) in [6, 6.07) is 4.48. The predicted octanol–water partition coefficient (Wildman–Crippen LogP) is 1.38. The highest BCUT2D eigenvalue weighted by molar-refractivity contribution is 8.01. The fourth-order valence-corrected chi connectivity index (χ4v) is 8.26. The Kier molecular flexibility index (Phi) is 5.75. The van der Waals surface area contributed by atoms with Crippen LogP contribution in [0.4, 0.5) is 0 Å². The summed E-state index contributed by atoms with van der Waals surface area (Å²) < 4.78 is 0. The lowest BCUT2D eigenvalue weighted by atomic mass is 9.96. The number of aromatic nitrogens is 1. The molecule has 0 aliphatic carbocycles. The van der Waals surface area contributed by atoms with Crippen LogP contribution >= 0.6 is 23.5 Å². The van der Waals surface area contributed by atoms with Crippen LogP contribution in [-0.4, -0.2) is 94.8 Å². The third-order valence-corrected chi connectivity index (χ3v) is 9.08. The van der Waals surface area contributed by atoms with Crippen molar-refractivity contribution in [1.82, 2.24) is 30.5 Å². The van der Waals surface area contributed by atoms with Crippen LogP contribution in [0.15, 0.2) is 18.3 Å². The van der Waals surface area contributed by atoms with Crippen molar-refractivity contribution >= 4 is 23.5 Å². The second kappa shape index (κ2) is 8.26. The number of hydrogen-bond donors (Lipinski definition) is 3. The van der Waals surface area contributed by atoms with E-state index < -0.39 is 0 Å². The lowest BCUT2D eigenvalue weighted by molar-refractivity contribution is -0.178. The van der Waals surface area contributed by atoms with Crippen molar-refractivity contribution in [3.05, 3.63) is 24.0 Å². The Morgan fingerprint density at radius 2 is 1.81 bits per heavy atom. The van der Waals surface area contributed by atoms with E-state index in [-0.39, 0.29) is 5.66 Å². The highest BCUT2D eigenvalue weighted by Gasteiger charge is 2.59. The number of nitrogens with zero attached hydrogens (tertiary/aromatic N) is 3. The van der Waals surface area contributed by atoms with E-state index in [0.29, 0.717) is 10.6 Å². The van der Waals surface area contributed by atoms with Crippen molar-refractivity contribution < 1.29 is 0 Å². The fourth-order valence-electron chi connectivity index (χ4n) is 5.32. The molecule has 0 amide bonds. The Bertz CT molecular complexity index is 595. The first-order valence-electron chi connectivity index (χ1n) is 10.5. The van der Waals surface area contributed by atoms with Gasteiger partial charge < -0.3 is 15.6 Å². The van der Waals surface area contributed by atoms with Crippen LogP contribution in [0.5, 0.6) is 0 Å². The molecule has 0 bridgehead atoms. The molecule has 3 unspecified atom stereocenters. The summed E-state index contributed by atoms with van der Waals surface area (Å²) in [5.74, 6) is 2.42.